The Morgan fingerprint density at radius 2 is 1.87 bits per heavy atom. The third-order valence-corrected chi connectivity index (χ3v) is 5.21. The van der Waals surface area contributed by atoms with Crippen molar-refractivity contribution in [3.05, 3.63) is 59.0 Å². The van der Waals surface area contributed by atoms with Crippen LogP contribution in [-0.4, -0.2) is 31.8 Å². The SMILES string of the molecule is Cc1[nH]c(SCc2nc(C(C)(C)NC(=O)OC(C)(C)C)no2)nc1Cc1ccccc1. The van der Waals surface area contributed by atoms with E-state index in [0.29, 0.717) is 17.5 Å². The summed E-state index contributed by atoms with van der Waals surface area (Å²) >= 11 is 1.49. The molecule has 0 saturated heterocycles. The molecule has 0 spiro atoms. The van der Waals surface area contributed by atoms with Gasteiger partial charge in [-0.05, 0) is 47.1 Å². The van der Waals surface area contributed by atoms with Gasteiger partial charge in [0.15, 0.2) is 11.0 Å². The van der Waals surface area contributed by atoms with E-state index in [0.717, 1.165) is 23.0 Å². The first-order chi connectivity index (χ1) is 14.5. The summed E-state index contributed by atoms with van der Waals surface area (Å²) in [6.45, 7) is 11.0. The van der Waals surface area contributed by atoms with Crippen LogP contribution in [-0.2, 0) is 22.4 Å². The molecule has 2 N–H and O–H groups in total. The van der Waals surface area contributed by atoms with Crippen LogP contribution >= 0.6 is 11.8 Å². The molecule has 31 heavy (non-hydrogen) atoms. The van der Waals surface area contributed by atoms with Crippen LogP contribution in [0.3, 0.4) is 0 Å². The number of benzene rings is 1. The number of nitrogens with zero attached hydrogens (tertiary/aromatic N) is 3. The van der Waals surface area contributed by atoms with Crippen molar-refractivity contribution in [2.45, 2.75) is 70.0 Å². The van der Waals surface area contributed by atoms with Crippen molar-refractivity contribution in [2.24, 2.45) is 0 Å². The number of rotatable bonds is 7. The van der Waals surface area contributed by atoms with Gasteiger partial charge in [-0.3, -0.25) is 0 Å². The molecule has 8 nitrogen and oxygen atoms in total. The molecule has 166 valence electrons. The lowest BCUT2D eigenvalue weighted by Crippen LogP contribution is -2.44. The molecule has 3 rings (SSSR count). The van der Waals surface area contributed by atoms with Gasteiger partial charge in [0.25, 0.3) is 0 Å². The van der Waals surface area contributed by atoms with Crippen LogP contribution in [0.2, 0.25) is 0 Å². The maximum atomic E-state index is 12.1. The summed E-state index contributed by atoms with van der Waals surface area (Å²) in [7, 11) is 0. The van der Waals surface area contributed by atoms with Crippen LogP contribution in [0.4, 0.5) is 4.79 Å². The molecular weight excluding hydrogens is 414 g/mol. The largest absolute Gasteiger partial charge is 0.444 e. The van der Waals surface area contributed by atoms with Gasteiger partial charge >= 0.3 is 6.09 Å². The minimum atomic E-state index is -0.834. The minimum Gasteiger partial charge on any atom is -0.444 e. The topological polar surface area (TPSA) is 106 Å². The molecule has 3 aromatic rings. The van der Waals surface area contributed by atoms with Crippen LogP contribution < -0.4 is 5.32 Å². The van der Waals surface area contributed by atoms with E-state index in [2.05, 4.69) is 32.6 Å². The summed E-state index contributed by atoms with van der Waals surface area (Å²) in [6.07, 6.45) is 0.245. The quantitative estimate of drug-likeness (QED) is 0.508. The lowest BCUT2D eigenvalue weighted by molar-refractivity contribution is 0.0465. The molecule has 1 amide bonds. The number of H-pyrrole nitrogens is 1. The number of alkyl carbamates (subject to hydrolysis) is 1. The van der Waals surface area contributed by atoms with Gasteiger partial charge in [0, 0.05) is 12.1 Å². The zero-order chi connectivity index (χ0) is 22.6. The summed E-state index contributed by atoms with van der Waals surface area (Å²) in [5.41, 5.74) is 1.86. The second kappa shape index (κ2) is 9.13. The van der Waals surface area contributed by atoms with Gasteiger partial charge in [0.1, 0.15) is 11.1 Å². The number of amides is 1. The molecule has 0 aliphatic rings. The molecule has 0 fully saturated rings. The van der Waals surface area contributed by atoms with Crippen molar-refractivity contribution in [1.82, 2.24) is 25.4 Å². The lowest BCUT2D eigenvalue weighted by Gasteiger charge is -2.26. The molecule has 2 heterocycles. The Kier molecular flexibility index (Phi) is 6.74. The van der Waals surface area contributed by atoms with E-state index >= 15 is 0 Å². The molecule has 0 aliphatic heterocycles. The number of imidazole rings is 1. The standard InChI is InChI=1S/C22H29N5O3S/c1-14-16(12-15-10-8-7-9-11-15)24-19(23-14)31-13-17-25-18(27-30-17)22(5,6)26-20(28)29-21(2,3)4/h7-11H,12-13H2,1-6H3,(H,23,24)(H,26,28). The van der Waals surface area contributed by atoms with Crippen LogP contribution in [0.15, 0.2) is 40.0 Å². The maximum Gasteiger partial charge on any atom is 0.408 e. The molecule has 0 aliphatic carbocycles. The zero-order valence-corrected chi connectivity index (χ0v) is 19.6. The van der Waals surface area contributed by atoms with E-state index in [1.807, 2.05) is 45.9 Å². The fourth-order valence-electron chi connectivity index (χ4n) is 2.81. The highest BCUT2D eigenvalue weighted by atomic mass is 32.2. The number of aryl methyl sites for hydroxylation is 1. The number of thioether (sulfide) groups is 1. The van der Waals surface area contributed by atoms with Gasteiger partial charge in [-0.2, -0.15) is 4.98 Å². The van der Waals surface area contributed by atoms with Crippen molar-refractivity contribution in [1.29, 1.82) is 0 Å². The highest BCUT2D eigenvalue weighted by Crippen LogP contribution is 2.24. The Balaban J connectivity index is 1.59. The summed E-state index contributed by atoms with van der Waals surface area (Å²) in [6, 6.07) is 10.2. The number of hydrogen-bond acceptors (Lipinski definition) is 7. The second-order valence-corrected chi connectivity index (χ2v) is 9.79. The van der Waals surface area contributed by atoms with Gasteiger partial charge in [0.05, 0.1) is 11.4 Å². The van der Waals surface area contributed by atoms with E-state index in [-0.39, 0.29) is 0 Å². The Morgan fingerprint density at radius 1 is 1.16 bits per heavy atom. The fraction of sp³-hybridized carbons (Fsp3) is 0.455. The molecule has 0 atom stereocenters. The van der Waals surface area contributed by atoms with Gasteiger partial charge in [0.2, 0.25) is 5.89 Å². The number of aromatic amines is 1. The minimum absolute atomic E-state index is 0.384. The maximum absolute atomic E-state index is 12.1. The Morgan fingerprint density at radius 3 is 2.55 bits per heavy atom. The Bertz CT molecular complexity index is 1020. The molecule has 1 aromatic carbocycles. The zero-order valence-electron chi connectivity index (χ0n) is 18.8. The van der Waals surface area contributed by atoms with Crippen molar-refractivity contribution < 1.29 is 14.1 Å². The monoisotopic (exact) mass is 443 g/mol. The van der Waals surface area contributed by atoms with Gasteiger partial charge in [-0.15, -0.1) is 0 Å². The first-order valence-electron chi connectivity index (χ1n) is 10.1. The smallest absolute Gasteiger partial charge is 0.408 e. The van der Waals surface area contributed by atoms with Gasteiger partial charge in [-0.25, -0.2) is 9.78 Å². The van der Waals surface area contributed by atoms with Crippen LogP contribution in [0.1, 0.15) is 63.3 Å². The van der Waals surface area contributed by atoms with E-state index in [1.165, 1.54) is 17.3 Å². The Hall–Kier alpha value is -2.81. The van der Waals surface area contributed by atoms with Crippen LogP contribution in [0, 0.1) is 6.92 Å². The molecular formula is C22H29N5O3S. The first-order valence-corrected chi connectivity index (χ1v) is 11.1. The van der Waals surface area contributed by atoms with Gasteiger partial charge < -0.3 is 19.6 Å². The van der Waals surface area contributed by atoms with Crippen molar-refractivity contribution in [2.75, 3.05) is 0 Å². The third kappa shape index (κ3) is 6.58. The van der Waals surface area contributed by atoms with Crippen molar-refractivity contribution in [3.8, 4) is 0 Å². The second-order valence-electron chi connectivity index (χ2n) is 8.83. The third-order valence-electron chi connectivity index (χ3n) is 4.35. The van der Waals surface area contributed by atoms with E-state index in [4.69, 9.17) is 14.2 Å². The number of nitrogens with one attached hydrogen (secondary N) is 2. The summed E-state index contributed by atoms with van der Waals surface area (Å²) < 4.78 is 10.7. The number of carbonyl (C=O) groups excluding carboxylic acids is 1. The fourth-order valence-corrected chi connectivity index (χ4v) is 3.59. The molecule has 0 unspecified atom stereocenters. The van der Waals surface area contributed by atoms with Gasteiger partial charge in [-0.1, -0.05) is 47.3 Å². The number of carbonyl (C=O) groups is 1. The molecule has 9 heteroatoms. The molecule has 0 radical (unpaired) electrons. The predicted octanol–water partition coefficient (Wildman–Crippen LogP) is 4.74. The average molecular weight is 444 g/mol. The number of aromatic nitrogens is 4. The highest BCUT2D eigenvalue weighted by Gasteiger charge is 2.31. The predicted molar refractivity (Wildman–Crippen MR) is 119 cm³/mol. The van der Waals surface area contributed by atoms with Crippen LogP contribution in [0.5, 0.6) is 0 Å². The lowest BCUT2D eigenvalue weighted by atomic mass is 10.1. The van der Waals surface area contributed by atoms with Crippen molar-refractivity contribution >= 4 is 17.9 Å². The summed E-state index contributed by atoms with van der Waals surface area (Å²) in [5.74, 6) is 1.31. The Labute approximate surface area is 186 Å². The van der Waals surface area contributed by atoms with E-state index in [9.17, 15) is 4.79 Å². The summed E-state index contributed by atoms with van der Waals surface area (Å²) in [4.78, 5) is 24.5. The summed E-state index contributed by atoms with van der Waals surface area (Å²) in [5, 5.41) is 7.61. The number of ether oxygens (including phenoxy) is 1. The van der Waals surface area contributed by atoms with Crippen LogP contribution in [0.25, 0.3) is 0 Å². The normalized spacial score (nSPS) is 12.1. The first kappa shape index (κ1) is 22.9. The molecule has 2 aromatic heterocycles. The van der Waals surface area contributed by atoms with Crippen molar-refractivity contribution in [3.63, 3.8) is 0 Å². The molecule has 0 bridgehead atoms. The average Bonchev–Trinajstić information content (AvgIpc) is 3.26. The number of hydrogen-bond donors (Lipinski definition) is 2. The molecule has 0 saturated carbocycles. The van der Waals surface area contributed by atoms with E-state index in [1.54, 1.807) is 13.8 Å². The highest BCUT2D eigenvalue weighted by molar-refractivity contribution is 7.98. The van der Waals surface area contributed by atoms with E-state index < -0.39 is 17.2 Å².